The molecule has 1 aromatic rings. The van der Waals surface area contributed by atoms with Gasteiger partial charge >= 0.3 is 0 Å². The topological polar surface area (TPSA) is 26.0 Å². The van der Waals surface area contributed by atoms with E-state index in [-0.39, 0.29) is 0 Å². The third-order valence-corrected chi connectivity index (χ3v) is 1.93. The van der Waals surface area contributed by atoms with Gasteiger partial charge in [-0.05, 0) is 43.1 Å². The molecule has 0 aliphatic heterocycles. The molecular weight excluding hydrogens is 182 g/mol. The van der Waals surface area contributed by atoms with Gasteiger partial charge in [0.15, 0.2) is 0 Å². The molecule has 0 atom stereocenters. The van der Waals surface area contributed by atoms with E-state index in [0.717, 1.165) is 17.0 Å². The maximum atomic E-state index is 5.90. The number of hydrogen-bond acceptors (Lipinski definition) is 1. The minimum absolute atomic E-state index is 0.691. The first-order valence-electron chi connectivity index (χ1n) is 4.36. The van der Waals surface area contributed by atoms with Crippen LogP contribution >= 0.6 is 11.6 Å². The molecule has 0 bridgehead atoms. The summed E-state index contributed by atoms with van der Waals surface area (Å²) in [5.74, 6) is 0. The predicted molar refractivity (Wildman–Crippen MR) is 58.9 cm³/mol. The van der Waals surface area contributed by atoms with Crippen molar-refractivity contribution in [1.29, 1.82) is 0 Å². The second-order valence-corrected chi connectivity index (χ2v) is 3.48. The summed E-state index contributed by atoms with van der Waals surface area (Å²) in [5.41, 5.74) is 7.69. The molecule has 0 heterocycles. The third kappa shape index (κ3) is 3.62. The van der Waals surface area contributed by atoms with E-state index in [1.165, 1.54) is 5.56 Å². The van der Waals surface area contributed by atoms with Crippen LogP contribution in [0.1, 0.15) is 17.5 Å². The zero-order chi connectivity index (χ0) is 9.68. The van der Waals surface area contributed by atoms with Gasteiger partial charge in [0, 0.05) is 5.02 Å². The van der Waals surface area contributed by atoms with Crippen molar-refractivity contribution >= 4 is 17.7 Å². The Morgan fingerprint density at radius 2 is 2.15 bits per heavy atom. The molecule has 1 aromatic carbocycles. The second-order valence-electron chi connectivity index (χ2n) is 3.04. The van der Waals surface area contributed by atoms with E-state index in [2.05, 4.69) is 12.1 Å². The zero-order valence-electron chi connectivity index (χ0n) is 7.76. The number of hydrogen-bond donors (Lipinski definition) is 1. The van der Waals surface area contributed by atoms with Gasteiger partial charge in [-0.3, -0.25) is 0 Å². The van der Waals surface area contributed by atoms with Crippen molar-refractivity contribution in [3.8, 4) is 0 Å². The smallest absolute Gasteiger partial charge is 0.0414 e. The van der Waals surface area contributed by atoms with E-state index in [0.29, 0.717) is 6.54 Å². The fourth-order valence-electron chi connectivity index (χ4n) is 1.18. The van der Waals surface area contributed by atoms with Gasteiger partial charge in [-0.15, -0.1) is 0 Å². The molecule has 0 saturated heterocycles. The van der Waals surface area contributed by atoms with Crippen molar-refractivity contribution in [2.24, 2.45) is 5.73 Å². The summed E-state index contributed by atoms with van der Waals surface area (Å²) >= 11 is 5.90. The molecule has 70 valence electrons. The van der Waals surface area contributed by atoms with Gasteiger partial charge < -0.3 is 5.73 Å². The highest BCUT2D eigenvalue weighted by Crippen LogP contribution is 2.15. The molecule has 2 N–H and O–H groups in total. The van der Waals surface area contributed by atoms with Crippen LogP contribution in [-0.4, -0.2) is 6.54 Å². The summed E-state index contributed by atoms with van der Waals surface area (Å²) in [6, 6.07) is 5.99. The molecule has 0 aliphatic carbocycles. The summed E-state index contributed by atoms with van der Waals surface area (Å²) < 4.78 is 0. The van der Waals surface area contributed by atoms with Crippen LogP contribution in [-0.2, 0) is 0 Å². The van der Waals surface area contributed by atoms with E-state index in [1.54, 1.807) is 0 Å². The molecule has 1 rings (SSSR count). The minimum Gasteiger partial charge on any atom is -0.330 e. The SMILES string of the molecule is Cc1cc(Cl)cc(/C=C/CCN)c1. The Morgan fingerprint density at radius 1 is 1.38 bits per heavy atom. The van der Waals surface area contributed by atoms with E-state index in [9.17, 15) is 0 Å². The third-order valence-electron chi connectivity index (χ3n) is 1.71. The first kappa shape index (κ1) is 10.3. The van der Waals surface area contributed by atoms with Crippen molar-refractivity contribution in [1.82, 2.24) is 0 Å². The lowest BCUT2D eigenvalue weighted by molar-refractivity contribution is 1.01. The normalized spacial score (nSPS) is 11.0. The molecule has 0 saturated carbocycles. The van der Waals surface area contributed by atoms with E-state index in [4.69, 9.17) is 17.3 Å². The van der Waals surface area contributed by atoms with Crippen molar-refractivity contribution in [2.45, 2.75) is 13.3 Å². The van der Waals surface area contributed by atoms with Crippen LogP contribution in [0.5, 0.6) is 0 Å². The Labute approximate surface area is 84.2 Å². The second kappa shape index (κ2) is 5.05. The molecule has 0 fully saturated rings. The summed E-state index contributed by atoms with van der Waals surface area (Å²) in [4.78, 5) is 0. The van der Waals surface area contributed by atoms with Gasteiger partial charge in [0.2, 0.25) is 0 Å². The van der Waals surface area contributed by atoms with Crippen LogP contribution in [0.2, 0.25) is 5.02 Å². The highest BCUT2D eigenvalue weighted by Gasteiger charge is 1.92. The van der Waals surface area contributed by atoms with Gasteiger partial charge in [0.25, 0.3) is 0 Å². The molecule has 0 aliphatic rings. The van der Waals surface area contributed by atoms with Crippen LogP contribution in [0.4, 0.5) is 0 Å². The quantitative estimate of drug-likeness (QED) is 0.789. The van der Waals surface area contributed by atoms with Crippen molar-refractivity contribution in [2.75, 3.05) is 6.54 Å². The summed E-state index contributed by atoms with van der Waals surface area (Å²) in [6.07, 6.45) is 5.02. The fourth-order valence-corrected chi connectivity index (χ4v) is 1.47. The molecule has 0 unspecified atom stereocenters. The lowest BCUT2D eigenvalue weighted by atomic mass is 10.1. The maximum Gasteiger partial charge on any atom is 0.0414 e. The lowest BCUT2D eigenvalue weighted by Gasteiger charge is -1.98. The van der Waals surface area contributed by atoms with Gasteiger partial charge in [0.05, 0.1) is 0 Å². The first-order chi connectivity index (χ1) is 6.22. The number of benzene rings is 1. The molecule has 0 radical (unpaired) electrons. The van der Waals surface area contributed by atoms with Crippen LogP contribution in [0.15, 0.2) is 24.3 Å². The molecule has 13 heavy (non-hydrogen) atoms. The highest BCUT2D eigenvalue weighted by atomic mass is 35.5. The highest BCUT2D eigenvalue weighted by molar-refractivity contribution is 6.30. The molecular formula is C11H14ClN. The summed E-state index contributed by atoms with van der Waals surface area (Å²) in [6.45, 7) is 2.72. The van der Waals surface area contributed by atoms with Crippen LogP contribution < -0.4 is 5.73 Å². The monoisotopic (exact) mass is 195 g/mol. The van der Waals surface area contributed by atoms with Crippen LogP contribution in [0, 0.1) is 6.92 Å². The minimum atomic E-state index is 0.691. The van der Waals surface area contributed by atoms with E-state index >= 15 is 0 Å². The Kier molecular flexibility index (Phi) is 4.00. The van der Waals surface area contributed by atoms with Crippen molar-refractivity contribution in [3.05, 3.63) is 40.4 Å². The van der Waals surface area contributed by atoms with Crippen molar-refractivity contribution in [3.63, 3.8) is 0 Å². The van der Waals surface area contributed by atoms with Gasteiger partial charge in [-0.1, -0.05) is 29.8 Å². The fraction of sp³-hybridized carbons (Fsp3) is 0.273. The average Bonchev–Trinajstić information content (AvgIpc) is 2.03. The zero-order valence-corrected chi connectivity index (χ0v) is 8.51. The number of aryl methyl sites for hydroxylation is 1. The summed E-state index contributed by atoms with van der Waals surface area (Å²) in [7, 11) is 0. The van der Waals surface area contributed by atoms with E-state index < -0.39 is 0 Å². The molecule has 2 heteroatoms. The van der Waals surface area contributed by atoms with Gasteiger partial charge in [0.1, 0.15) is 0 Å². The molecule has 0 amide bonds. The standard InChI is InChI=1S/C11H14ClN/c1-9-6-10(4-2-3-5-13)8-11(12)7-9/h2,4,6-8H,3,5,13H2,1H3/b4-2+. The Bertz CT molecular complexity index is 285. The predicted octanol–water partition coefficient (Wildman–Crippen LogP) is 3.01. The van der Waals surface area contributed by atoms with E-state index in [1.807, 2.05) is 25.1 Å². The van der Waals surface area contributed by atoms with Gasteiger partial charge in [-0.25, -0.2) is 0 Å². The van der Waals surface area contributed by atoms with Crippen molar-refractivity contribution < 1.29 is 0 Å². The largest absolute Gasteiger partial charge is 0.330 e. The molecule has 0 spiro atoms. The summed E-state index contributed by atoms with van der Waals surface area (Å²) in [5, 5.41) is 0.785. The molecule has 1 nitrogen and oxygen atoms in total. The Balaban J connectivity index is 2.77. The van der Waals surface area contributed by atoms with Gasteiger partial charge in [-0.2, -0.15) is 0 Å². The number of rotatable bonds is 3. The average molecular weight is 196 g/mol. The van der Waals surface area contributed by atoms with Crippen LogP contribution in [0.3, 0.4) is 0 Å². The number of halogens is 1. The molecule has 0 aromatic heterocycles. The first-order valence-corrected chi connectivity index (χ1v) is 4.74. The maximum absolute atomic E-state index is 5.90. The number of nitrogens with two attached hydrogens (primary N) is 1. The lowest BCUT2D eigenvalue weighted by Crippen LogP contribution is -1.94. The Hall–Kier alpha value is -0.790. The van der Waals surface area contributed by atoms with Crippen LogP contribution in [0.25, 0.3) is 6.08 Å². The Morgan fingerprint density at radius 3 is 2.77 bits per heavy atom.